The average molecular weight is 309 g/mol. The van der Waals surface area contributed by atoms with Crippen molar-refractivity contribution in [3.8, 4) is 5.75 Å². The lowest BCUT2D eigenvalue weighted by atomic mass is 10.1. The van der Waals surface area contributed by atoms with E-state index < -0.39 is 5.97 Å². The summed E-state index contributed by atoms with van der Waals surface area (Å²) in [4.78, 5) is 14.2. The van der Waals surface area contributed by atoms with Crippen LogP contribution in [0.1, 0.15) is 37.6 Å². The van der Waals surface area contributed by atoms with Gasteiger partial charge in [-0.05, 0) is 31.6 Å². The Labute approximate surface area is 132 Å². The number of hydrogen-bond acceptors (Lipinski definition) is 6. The van der Waals surface area contributed by atoms with Crippen molar-refractivity contribution in [1.82, 2.24) is 4.90 Å². The van der Waals surface area contributed by atoms with Gasteiger partial charge in [0.15, 0.2) is 5.75 Å². The van der Waals surface area contributed by atoms with Crippen LogP contribution in [0.5, 0.6) is 5.75 Å². The first kappa shape index (κ1) is 18.1. The molecule has 0 radical (unpaired) electrons. The molecule has 0 aromatic heterocycles. The maximum Gasteiger partial charge on any atom is 0.338 e. The van der Waals surface area contributed by atoms with E-state index in [1.54, 1.807) is 12.1 Å². The van der Waals surface area contributed by atoms with Crippen molar-refractivity contribution >= 4 is 17.3 Å². The summed E-state index contributed by atoms with van der Waals surface area (Å²) in [5, 5.41) is 0. The van der Waals surface area contributed by atoms with Crippen LogP contribution < -0.4 is 16.2 Å². The summed E-state index contributed by atoms with van der Waals surface area (Å²) in [5.41, 5.74) is 12.8. The molecule has 0 aliphatic rings. The fourth-order valence-electron chi connectivity index (χ4n) is 2.05. The van der Waals surface area contributed by atoms with Crippen LogP contribution in [-0.4, -0.2) is 43.7 Å². The van der Waals surface area contributed by atoms with Crippen molar-refractivity contribution < 1.29 is 14.3 Å². The van der Waals surface area contributed by atoms with E-state index in [0.29, 0.717) is 42.4 Å². The molecular weight excluding hydrogens is 282 g/mol. The van der Waals surface area contributed by atoms with E-state index in [9.17, 15) is 4.79 Å². The van der Waals surface area contributed by atoms with Gasteiger partial charge in [0.05, 0.1) is 23.5 Å². The molecule has 0 spiro atoms. The quantitative estimate of drug-likeness (QED) is 0.536. The summed E-state index contributed by atoms with van der Waals surface area (Å²) in [6.07, 6.45) is 0.855. The second kappa shape index (κ2) is 9.15. The number of nitrogens with zero attached hydrogens (tertiary/aromatic N) is 1. The van der Waals surface area contributed by atoms with E-state index in [1.165, 1.54) is 0 Å². The molecule has 1 aromatic rings. The van der Waals surface area contributed by atoms with Crippen molar-refractivity contribution in [3.05, 3.63) is 17.7 Å². The molecule has 0 fully saturated rings. The maximum atomic E-state index is 12.0. The Morgan fingerprint density at radius 2 is 1.68 bits per heavy atom. The first-order valence-corrected chi connectivity index (χ1v) is 7.74. The normalized spacial score (nSPS) is 10.7. The molecule has 22 heavy (non-hydrogen) atoms. The summed E-state index contributed by atoms with van der Waals surface area (Å²) in [5.74, 6) is 0.00846. The Bertz CT molecular complexity index is 465. The van der Waals surface area contributed by atoms with Crippen molar-refractivity contribution in [1.29, 1.82) is 0 Å². The first-order valence-electron chi connectivity index (χ1n) is 7.74. The minimum Gasteiger partial charge on any atom is -0.489 e. The van der Waals surface area contributed by atoms with Gasteiger partial charge in [-0.25, -0.2) is 4.79 Å². The molecule has 1 aromatic carbocycles. The summed E-state index contributed by atoms with van der Waals surface area (Å²) in [6, 6.07) is 3.09. The van der Waals surface area contributed by atoms with Crippen molar-refractivity contribution in [2.75, 3.05) is 44.3 Å². The second-order valence-corrected chi connectivity index (χ2v) is 5.00. The standard InChI is InChI=1S/C16H27N3O3/c1-4-8-21-15-13(17)10-12(11-14(15)18)16(20)22-9-7-19(5-2)6-3/h10-11H,4-9,17-18H2,1-3H3. The molecule has 0 unspecified atom stereocenters. The molecule has 0 atom stereocenters. The second-order valence-electron chi connectivity index (χ2n) is 5.00. The van der Waals surface area contributed by atoms with Crippen LogP contribution in [0.3, 0.4) is 0 Å². The number of ether oxygens (including phenoxy) is 2. The minimum atomic E-state index is -0.424. The lowest BCUT2D eigenvalue weighted by Gasteiger charge is -2.17. The number of rotatable bonds is 9. The van der Waals surface area contributed by atoms with Gasteiger partial charge in [0.25, 0.3) is 0 Å². The lowest BCUT2D eigenvalue weighted by molar-refractivity contribution is 0.0466. The van der Waals surface area contributed by atoms with Gasteiger partial charge in [-0.1, -0.05) is 20.8 Å². The van der Waals surface area contributed by atoms with E-state index in [4.69, 9.17) is 20.9 Å². The number of nitrogen functional groups attached to an aromatic ring is 2. The monoisotopic (exact) mass is 309 g/mol. The highest BCUT2D eigenvalue weighted by molar-refractivity contribution is 5.93. The first-order chi connectivity index (χ1) is 10.5. The Morgan fingerprint density at radius 1 is 1.09 bits per heavy atom. The smallest absolute Gasteiger partial charge is 0.338 e. The molecule has 0 aliphatic heterocycles. The summed E-state index contributed by atoms with van der Waals surface area (Å²) < 4.78 is 10.7. The highest BCUT2D eigenvalue weighted by atomic mass is 16.5. The van der Waals surface area contributed by atoms with Gasteiger partial charge in [0.1, 0.15) is 6.61 Å². The average Bonchev–Trinajstić information content (AvgIpc) is 2.50. The van der Waals surface area contributed by atoms with Crippen LogP contribution in [0.2, 0.25) is 0 Å². The van der Waals surface area contributed by atoms with Gasteiger partial charge in [0.2, 0.25) is 0 Å². The van der Waals surface area contributed by atoms with E-state index in [-0.39, 0.29) is 0 Å². The molecule has 0 saturated carbocycles. The van der Waals surface area contributed by atoms with Gasteiger partial charge in [-0.15, -0.1) is 0 Å². The number of nitrogens with two attached hydrogens (primary N) is 2. The third kappa shape index (κ3) is 5.11. The molecule has 0 aliphatic carbocycles. The van der Waals surface area contributed by atoms with Crippen LogP contribution in [0, 0.1) is 0 Å². The number of carbonyl (C=O) groups excluding carboxylic acids is 1. The fourth-order valence-corrected chi connectivity index (χ4v) is 2.05. The molecule has 1 rings (SSSR count). The number of carbonyl (C=O) groups is 1. The van der Waals surface area contributed by atoms with Gasteiger partial charge in [0, 0.05) is 6.54 Å². The van der Waals surface area contributed by atoms with Crippen LogP contribution in [0.4, 0.5) is 11.4 Å². The van der Waals surface area contributed by atoms with Gasteiger partial charge < -0.3 is 25.8 Å². The molecule has 6 nitrogen and oxygen atoms in total. The number of benzene rings is 1. The van der Waals surface area contributed by atoms with E-state index >= 15 is 0 Å². The predicted molar refractivity (Wildman–Crippen MR) is 89.1 cm³/mol. The van der Waals surface area contributed by atoms with Crippen LogP contribution in [-0.2, 0) is 4.74 Å². The van der Waals surface area contributed by atoms with Gasteiger partial charge >= 0.3 is 5.97 Å². The van der Waals surface area contributed by atoms with E-state index in [1.807, 2.05) is 6.92 Å². The maximum absolute atomic E-state index is 12.0. The third-order valence-electron chi connectivity index (χ3n) is 3.37. The zero-order valence-corrected chi connectivity index (χ0v) is 13.7. The van der Waals surface area contributed by atoms with Gasteiger partial charge in [-0.3, -0.25) is 0 Å². The lowest BCUT2D eigenvalue weighted by Crippen LogP contribution is -2.27. The predicted octanol–water partition coefficient (Wildman–Crippen LogP) is 2.14. The molecule has 0 amide bonds. The highest BCUT2D eigenvalue weighted by Gasteiger charge is 2.14. The Hall–Kier alpha value is -1.95. The topological polar surface area (TPSA) is 90.8 Å². The molecule has 4 N–H and O–H groups in total. The Kier molecular flexibility index (Phi) is 7.52. The molecular formula is C16H27N3O3. The zero-order valence-electron chi connectivity index (χ0n) is 13.7. The number of anilines is 2. The Balaban J connectivity index is 2.66. The summed E-state index contributed by atoms with van der Waals surface area (Å²) in [6.45, 7) is 9.57. The highest BCUT2D eigenvalue weighted by Crippen LogP contribution is 2.31. The van der Waals surface area contributed by atoms with Crippen LogP contribution >= 0.6 is 0 Å². The molecule has 0 bridgehead atoms. The third-order valence-corrected chi connectivity index (χ3v) is 3.37. The zero-order chi connectivity index (χ0) is 16.5. The molecule has 124 valence electrons. The largest absolute Gasteiger partial charge is 0.489 e. The number of hydrogen-bond donors (Lipinski definition) is 2. The summed E-state index contributed by atoms with van der Waals surface area (Å²) in [7, 11) is 0. The minimum absolute atomic E-state index is 0.342. The molecule has 0 heterocycles. The Morgan fingerprint density at radius 3 is 2.18 bits per heavy atom. The van der Waals surface area contributed by atoms with Crippen molar-refractivity contribution in [2.45, 2.75) is 27.2 Å². The van der Waals surface area contributed by atoms with E-state index in [0.717, 1.165) is 19.5 Å². The fraction of sp³-hybridized carbons (Fsp3) is 0.562. The molecule has 0 saturated heterocycles. The van der Waals surface area contributed by atoms with Crippen LogP contribution in [0.15, 0.2) is 12.1 Å². The molecule has 6 heteroatoms. The van der Waals surface area contributed by atoms with Crippen molar-refractivity contribution in [2.24, 2.45) is 0 Å². The SMILES string of the molecule is CCCOc1c(N)cc(C(=O)OCCN(CC)CC)cc1N. The van der Waals surface area contributed by atoms with Crippen LogP contribution in [0.25, 0.3) is 0 Å². The van der Waals surface area contributed by atoms with E-state index in [2.05, 4.69) is 18.7 Å². The van der Waals surface area contributed by atoms with Gasteiger partial charge in [-0.2, -0.15) is 0 Å². The number of likely N-dealkylation sites (N-methyl/N-ethyl adjacent to an activating group) is 1. The number of esters is 1. The summed E-state index contributed by atoms with van der Waals surface area (Å²) >= 11 is 0. The van der Waals surface area contributed by atoms with Crippen molar-refractivity contribution in [3.63, 3.8) is 0 Å².